The minimum Gasteiger partial charge on any atom is -0.461 e. The fraction of sp³-hybridized carbons (Fsp3) is 0.769. The highest BCUT2D eigenvalue weighted by atomic mass is 16.5. The van der Waals surface area contributed by atoms with Crippen LogP contribution in [0.4, 0.5) is 11.9 Å². The molecule has 1 saturated carbocycles. The highest BCUT2D eigenvalue weighted by Gasteiger charge is 2.15. The van der Waals surface area contributed by atoms with Crippen LogP contribution in [-0.4, -0.2) is 40.3 Å². The van der Waals surface area contributed by atoms with Gasteiger partial charge in [0.25, 0.3) is 0 Å². The van der Waals surface area contributed by atoms with Crippen molar-refractivity contribution in [2.24, 2.45) is 5.84 Å². The van der Waals surface area contributed by atoms with Gasteiger partial charge in [0.1, 0.15) is 0 Å². The van der Waals surface area contributed by atoms with E-state index in [9.17, 15) is 0 Å². The average molecular weight is 296 g/mol. The van der Waals surface area contributed by atoms with Gasteiger partial charge in [0.05, 0.1) is 18.8 Å². The number of rotatable bonds is 8. The Hall–Kier alpha value is -1.67. The maximum atomic E-state index is 5.77. The van der Waals surface area contributed by atoms with Crippen LogP contribution in [0.5, 0.6) is 6.01 Å². The van der Waals surface area contributed by atoms with Gasteiger partial charge in [-0.25, -0.2) is 5.84 Å². The summed E-state index contributed by atoms with van der Waals surface area (Å²) >= 11 is 0. The standard InChI is InChI=1S/C13H24N6O2/c1-9(2)21-13-17-11(16-12(18-13)19-14)15-7-8-20-10-5-3-4-6-10/h9-10H,3-8,14H2,1-2H3,(H2,15,16,17,18,19). The third kappa shape index (κ3) is 5.31. The van der Waals surface area contributed by atoms with E-state index in [1.54, 1.807) is 0 Å². The van der Waals surface area contributed by atoms with Crippen molar-refractivity contribution in [1.29, 1.82) is 0 Å². The first-order valence-electron chi connectivity index (χ1n) is 7.42. The van der Waals surface area contributed by atoms with E-state index in [1.165, 1.54) is 25.7 Å². The zero-order valence-corrected chi connectivity index (χ0v) is 12.6. The fourth-order valence-electron chi connectivity index (χ4n) is 2.21. The van der Waals surface area contributed by atoms with Gasteiger partial charge in [0.15, 0.2) is 0 Å². The van der Waals surface area contributed by atoms with Crippen LogP contribution >= 0.6 is 0 Å². The second-order valence-corrected chi connectivity index (χ2v) is 5.28. The number of hydrogen-bond donors (Lipinski definition) is 3. The Labute approximate surface area is 124 Å². The second-order valence-electron chi connectivity index (χ2n) is 5.28. The summed E-state index contributed by atoms with van der Waals surface area (Å²) < 4.78 is 11.2. The van der Waals surface area contributed by atoms with Crippen molar-refractivity contribution in [2.45, 2.75) is 51.7 Å². The molecule has 0 bridgehead atoms. The molecule has 0 aliphatic heterocycles. The van der Waals surface area contributed by atoms with Crippen molar-refractivity contribution in [3.8, 4) is 6.01 Å². The van der Waals surface area contributed by atoms with E-state index in [2.05, 4.69) is 25.7 Å². The third-order valence-electron chi connectivity index (χ3n) is 3.13. The van der Waals surface area contributed by atoms with Crippen LogP contribution in [0.25, 0.3) is 0 Å². The number of aromatic nitrogens is 3. The van der Waals surface area contributed by atoms with E-state index >= 15 is 0 Å². The molecule has 21 heavy (non-hydrogen) atoms. The SMILES string of the molecule is CC(C)Oc1nc(NN)nc(NCCOC2CCCC2)n1. The predicted octanol–water partition coefficient (Wildman–Crippen LogP) is 1.32. The number of ether oxygens (including phenoxy) is 2. The van der Waals surface area contributed by atoms with Crippen LogP contribution < -0.4 is 21.3 Å². The molecule has 1 heterocycles. The van der Waals surface area contributed by atoms with Crippen molar-refractivity contribution in [2.75, 3.05) is 23.9 Å². The molecule has 1 aromatic heterocycles. The fourth-order valence-corrected chi connectivity index (χ4v) is 2.21. The van der Waals surface area contributed by atoms with Crippen molar-refractivity contribution in [3.05, 3.63) is 0 Å². The molecule has 0 saturated heterocycles. The zero-order chi connectivity index (χ0) is 15.1. The highest BCUT2D eigenvalue weighted by Crippen LogP contribution is 2.20. The molecule has 1 aliphatic rings. The van der Waals surface area contributed by atoms with Crippen LogP contribution in [0.2, 0.25) is 0 Å². The van der Waals surface area contributed by atoms with Gasteiger partial charge in [0.2, 0.25) is 11.9 Å². The molecule has 1 aromatic rings. The molecule has 0 radical (unpaired) electrons. The summed E-state index contributed by atoms with van der Waals surface area (Å²) in [6.45, 7) is 5.07. The van der Waals surface area contributed by atoms with Gasteiger partial charge in [-0.15, -0.1) is 0 Å². The van der Waals surface area contributed by atoms with E-state index in [-0.39, 0.29) is 18.1 Å². The molecule has 2 rings (SSSR count). The Bertz CT molecular complexity index is 437. The molecular formula is C13H24N6O2. The normalized spacial score (nSPS) is 15.4. The van der Waals surface area contributed by atoms with Gasteiger partial charge in [-0.2, -0.15) is 15.0 Å². The third-order valence-corrected chi connectivity index (χ3v) is 3.13. The summed E-state index contributed by atoms with van der Waals surface area (Å²) in [5.41, 5.74) is 2.40. The highest BCUT2D eigenvalue weighted by molar-refractivity contribution is 5.34. The molecular weight excluding hydrogens is 272 g/mol. The van der Waals surface area contributed by atoms with Crippen LogP contribution in [0, 0.1) is 0 Å². The van der Waals surface area contributed by atoms with Crippen LogP contribution in [-0.2, 0) is 4.74 Å². The molecule has 118 valence electrons. The average Bonchev–Trinajstić information content (AvgIpc) is 2.96. The Balaban J connectivity index is 1.82. The lowest BCUT2D eigenvalue weighted by atomic mass is 10.3. The first kappa shape index (κ1) is 15.7. The minimum atomic E-state index is -0.0171. The second kappa shape index (κ2) is 7.94. The summed E-state index contributed by atoms with van der Waals surface area (Å²) in [7, 11) is 0. The number of hydrogen-bond acceptors (Lipinski definition) is 8. The van der Waals surface area contributed by atoms with Gasteiger partial charge in [0, 0.05) is 6.54 Å². The quantitative estimate of drug-likeness (QED) is 0.374. The topological polar surface area (TPSA) is 107 Å². The van der Waals surface area contributed by atoms with E-state index in [0.29, 0.717) is 25.2 Å². The first-order valence-corrected chi connectivity index (χ1v) is 7.42. The van der Waals surface area contributed by atoms with Crippen LogP contribution in [0.1, 0.15) is 39.5 Å². The van der Waals surface area contributed by atoms with Crippen molar-refractivity contribution in [3.63, 3.8) is 0 Å². The zero-order valence-electron chi connectivity index (χ0n) is 12.6. The smallest absolute Gasteiger partial charge is 0.323 e. The number of nitrogens with one attached hydrogen (secondary N) is 2. The van der Waals surface area contributed by atoms with Crippen LogP contribution in [0.15, 0.2) is 0 Å². The molecule has 1 aliphatic carbocycles. The van der Waals surface area contributed by atoms with Crippen LogP contribution in [0.3, 0.4) is 0 Å². The summed E-state index contributed by atoms with van der Waals surface area (Å²) in [5.74, 6) is 6.03. The Morgan fingerprint density at radius 3 is 2.57 bits per heavy atom. The van der Waals surface area contributed by atoms with Crippen molar-refractivity contribution < 1.29 is 9.47 Å². The largest absolute Gasteiger partial charge is 0.461 e. The molecule has 0 amide bonds. The van der Waals surface area contributed by atoms with E-state index in [0.717, 1.165) is 0 Å². The summed E-state index contributed by atoms with van der Waals surface area (Å²) in [6.07, 6.45) is 5.27. The van der Waals surface area contributed by atoms with E-state index in [4.69, 9.17) is 15.3 Å². The molecule has 8 nitrogen and oxygen atoms in total. The number of nitrogens with two attached hydrogens (primary N) is 1. The van der Waals surface area contributed by atoms with Crippen molar-refractivity contribution >= 4 is 11.9 Å². The number of nitrogen functional groups attached to an aromatic ring is 1. The monoisotopic (exact) mass is 296 g/mol. The molecule has 0 unspecified atom stereocenters. The maximum absolute atomic E-state index is 5.77. The Morgan fingerprint density at radius 1 is 1.19 bits per heavy atom. The van der Waals surface area contributed by atoms with Crippen molar-refractivity contribution in [1.82, 2.24) is 15.0 Å². The van der Waals surface area contributed by atoms with Gasteiger partial charge < -0.3 is 14.8 Å². The molecule has 1 fully saturated rings. The Kier molecular flexibility index (Phi) is 5.94. The lowest BCUT2D eigenvalue weighted by Crippen LogP contribution is -2.19. The summed E-state index contributed by atoms with van der Waals surface area (Å²) in [6, 6.07) is 0.243. The molecule has 8 heteroatoms. The molecule has 0 aromatic carbocycles. The van der Waals surface area contributed by atoms with Gasteiger partial charge in [-0.05, 0) is 26.7 Å². The summed E-state index contributed by atoms with van der Waals surface area (Å²) in [5, 5.41) is 3.09. The molecule has 4 N–H and O–H groups in total. The predicted molar refractivity (Wildman–Crippen MR) is 80.1 cm³/mol. The Morgan fingerprint density at radius 2 is 1.90 bits per heavy atom. The summed E-state index contributed by atoms with van der Waals surface area (Å²) in [4.78, 5) is 12.3. The molecule has 0 atom stereocenters. The van der Waals surface area contributed by atoms with E-state index in [1.807, 2.05) is 13.8 Å². The first-order chi connectivity index (χ1) is 10.2. The lowest BCUT2D eigenvalue weighted by molar-refractivity contribution is 0.0658. The van der Waals surface area contributed by atoms with Gasteiger partial charge in [-0.3, -0.25) is 5.43 Å². The number of nitrogens with zero attached hydrogens (tertiary/aromatic N) is 3. The maximum Gasteiger partial charge on any atom is 0.323 e. The van der Waals surface area contributed by atoms with E-state index < -0.39 is 0 Å². The molecule has 0 spiro atoms. The van der Waals surface area contributed by atoms with Gasteiger partial charge in [-0.1, -0.05) is 12.8 Å². The lowest BCUT2D eigenvalue weighted by Gasteiger charge is -2.13. The number of hydrazine groups is 1. The number of anilines is 2. The van der Waals surface area contributed by atoms with Gasteiger partial charge >= 0.3 is 6.01 Å². The minimum absolute atomic E-state index is 0.0171.